The standard InChI is InChI=1S/C12H11NO/c14-12-10-4-2-1-3-9(10)7-11(13-12)8-5-6-8/h1-4,7-8H,5-6H2,(H,13,14). The molecule has 0 unspecified atom stereocenters. The van der Waals surface area contributed by atoms with E-state index in [2.05, 4.69) is 11.1 Å². The molecule has 0 saturated heterocycles. The zero-order chi connectivity index (χ0) is 9.54. The van der Waals surface area contributed by atoms with Crippen LogP contribution < -0.4 is 5.56 Å². The topological polar surface area (TPSA) is 32.9 Å². The molecule has 2 aromatic rings. The van der Waals surface area contributed by atoms with E-state index in [4.69, 9.17) is 0 Å². The lowest BCUT2D eigenvalue weighted by Gasteiger charge is -2.00. The van der Waals surface area contributed by atoms with Crippen molar-refractivity contribution in [1.82, 2.24) is 4.98 Å². The highest BCUT2D eigenvalue weighted by atomic mass is 16.1. The summed E-state index contributed by atoms with van der Waals surface area (Å²) in [5, 5.41) is 1.84. The number of pyridine rings is 1. The third kappa shape index (κ3) is 1.15. The van der Waals surface area contributed by atoms with Gasteiger partial charge in [0.15, 0.2) is 0 Å². The zero-order valence-electron chi connectivity index (χ0n) is 7.79. The van der Waals surface area contributed by atoms with E-state index >= 15 is 0 Å². The van der Waals surface area contributed by atoms with Gasteiger partial charge in [0, 0.05) is 11.1 Å². The van der Waals surface area contributed by atoms with Crippen molar-refractivity contribution >= 4 is 10.8 Å². The molecule has 0 radical (unpaired) electrons. The van der Waals surface area contributed by atoms with Crippen LogP contribution in [0.25, 0.3) is 10.8 Å². The molecule has 2 nitrogen and oxygen atoms in total. The zero-order valence-corrected chi connectivity index (χ0v) is 7.79. The van der Waals surface area contributed by atoms with E-state index in [1.807, 2.05) is 24.3 Å². The van der Waals surface area contributed by atoms with Crippen LogP contribution in [-0.4, -0.2) is 4.98 Å². The molecular formula is C12H11NO. The molecule has 1 fully saturated rings. The van der Waals surface area contributed by atoms with E-state index in [-0.39, 0.29) is 5.56 Å². The first-order valence-corrected chi connectivity index (χ1v) is 4.96. The summed E-state index contributed by atoms with van der Waals surface area (Å²) in [7, 11) is 0. The van der Waals surface area contributed by atoms with Gasteiger partial charge in [-0.1, -0.05) is 18.2 Å². The molecule has 0 spiro atoms. The highest BCUT2D eigenvalue weighted by molar-refractivity contribution is 5.81. The Morgan fingerprint density at radius 2 is 2.00 bits per heavy atom. The van der Waals surface area contributed by atoms with Crippen LogP contribution in [-0.2, 0) is 0 Å². The number of hydrogen-bond donors (Lipinski definition) is 1. The van der Waals surface area contributed by atoms with Gasteiger partial charge in [0.25, 0.3) is 5.56 Å². The summed E-state index contributed by atoms with van der Waals surface area (Å²) in [4.78, 5) is 14.6. The molecule has 14 heavy (non-hydrogen) atoms. The maximum absolute atomic E-state index is 11.7. The van der Waals surface area contributed by atoms with Crippen molar-refractivity contribution in [1.29, 1.82) is 0 Å². The third-order valence-electron chi connectivity index (χ3n) is 2.79. The van der Waals surface area contributed by atoms with Crippen LogP contribution >= 0.6 is 0 Å². The average Bonchev–Trinajstić information content (AvgIpc) is 3.01. The van der Waals surface area contributed by atoms with Crippen LogP contribution in [0, 0.1) is 0 Å². The Labute approximate surface area is 81.6 Å². The maximum Gasteiger partial charge on any atom is 0.256 e. The molecule has 1 N–H and O–H groups in total. The van der Waals surface area contributed by atoms with Gasteiger partial charge in [-0.2, -0.15) is 0 Å². The summed E-state index contributed by atoms with van der Waals surface area (Å²) in [6.45, 7) is 0. The molecule has 70 valence electrons. The number of benzene rings is 1. The molecule has 3 rings (SSSR count). The quantitative estimate of drug-likeness (QED) is 0.727. The van der Waals surface area contributed by atoms with Crippen molar-refractivity contribution in [3.63, 3.8) is 0 Å². The van der Waals surface area contributed by atoms with Crippen LogP contribution in [0.3, 0.4) is 0 Å². The minimum absolute atomic E-state index is 0.0463. The second kappa shape index (κ2) is 2.71. The van der Waals surface area contributed by atoms with E-state index in [0.29, 0.717) is 5.92 Å². The summed E-state index contributed by atoms with van der Waals surface area (Å²) in [5.41, 5.74) is 1.15. The molecular weight excluding hydrogens is 174 g/mol. The second-order valence-corrected chi connectivity index (χ2v) is 3.92. The van der Waals surface area contributed by atoms with Gasteiger partial charge in [0.05, 0.1) is 0 Å². The molecule has 1 aromatic heterocycles. The molecule has 2 heteroatoms. The first-order valence-electron chi connectivity index (χ1n) is 4.96. The van der Waals surface area contributed by atoms with Crippen LogP contribution in [0.1, 0.15) is 24.5 Å². The Hall–Kier alpha value is -1.57. The molecule has 1 heterocycles. The summed E-state index contributed by atoms with van der Waals surface area (Å²) < 4.78 is 0. The Morgan fingerprint density at radius 3 is 2.79 bits per heavy atom. The first kappa shape index (κ1) is 7.80. The Morgan fingerprint density at radius 1 is 1.21 bits per heavy atom. The van der Waals surface area contributed by atoms with E-state index in [1.54, 1.807) is 0 Å². The number of rotatable bonds is 1. The van der Waals surface area contributed by atoms with E-state index in [0.717, 1.165) is 16.5 Å². The maximum atomic E-state index is 11.7. The number of nitrogens with one attached hydrogen (secondary N) is 1. The average molecular weight is 185 g/mol. The fourth-order valence-corrected chi connectivity index (χ4v) is 1.85. The Balaban J connectivity index is 2.33. The van der Waals surface area contributed by atoms with Crippen LogP contribution in [0.15, 0.2) is 35.1 Å². The summed E-state index contributed by atoms with van der Waals surface area (Å²) >= 11 is 0. The van der Waals surface area contributed by atoms with Gasteiger partial charge in [0.2, 0.25) is 0 Å². The second-order valence-electron chi connectivity index (χ2n) is 3.92. The summed E-state index contributed by atoms with van der Waals surface area (Å²) in [6, 6.07) is 9.84. The SMILES string of the molecule is O=c1[nH]c(C2CC2)cc2ccccc12. The van der Waals surface area contributed by atoms with Gasteiger partial charge >= 0.3 is 0 Å². The third-order valence-corrected chi connectivity index (χ3v) is 2.79. The summed E-state index contributed by atoms with van der Waals surface area (Å²) in [5.74, 6) is 0.604. The lowest BCUT2D eigenvalue weighted by atomic mass is 10.1. The summed E-state index contributed by atoms with van der Waals surface area (Å²) in [6.07, 6.45) is 2.43. The van der Waals surface area contributed by atoms with Gasteiger partial charge in [0.1, 0.15) is 0 Å². The smallest absolute Gasteiger partial charge is 0.256 e. The monoisotopic (exact) mass is 185 g/mol. The highest BCUT2D eigenvalue weighted by Gasteiger charge is 2.24. The largest absolute Gasteiger partial charge is 0.325 e. The van der Waals surface area contributed by atoms with Crippen molar-refractivity contribution in [3.8, 4) is 0 Å². The number of aromatic nitrogens is 1. The molecule has 1 aliphatic rings. The number of hydrogen-bond acceptors (Lipinski definition) is 1. The van der Waals surface area contributed by atoms with Crippen LogP contribution in [0.5, 0.6) is 0 Å². The van der Waals surface area contributed by atoms with Crippen molar-refractivity contribution in [2.24, 2.45) is 0 Å². The van der Waals surface area contributed by atoms with Crippen LogP contribution in [0.2, 0.25) is 0 Å². The minimum atomic E-state index is 0.0463. The van der Waals surface area contributed by atoms with Crippen molar-refractivity contribution in [3.05, 3.63) is 46.4 Å². The molecule has 0 atom stereocenters. The Bertz CT molecular complexity index is 537. The van der Waals surface area contributed by atoms with Gasteiger partial charge in [-0.15, -0.1) is 0 Å². The highest BCUT2D eigenvalue weighted by Crippen LogP contribution is 2.39. The minimum Gasteiger partial charge on any atom is -0.325 e. The van der Waals surface area contributed by atoms with E-state index in [9.17, 15) is 4.79 Å². The van der Waals surface area contributed by atoms with E-state index < -0.39 is 0 Å². The molecule has 1 aliphatic carbocycles. The van der Waals surface area contributed by atoms with Crippen molar-refractivity contribution < 1.29 is 0 Å². The van der Waals surface area contributed by atoms with E-state index in [1.165, 1.54) is 12.8 Å². The molecule has 0 aliphatic heterocycles. The molecule has 1 saturated carbocycles. The fraction of sp³-hybridized carbons (Fsp3) is 0.250. The predicted molar refractivity (Wildman–Crippen MR) is 56.5 cm³/mol. The van der Waals surface area contributed by atoms with Crippen molar-refractivity contribution in [2.45, 2.75) is 18.8 Å². The number of H-pyrrole nitrogens is 1. The van der Waals surface area contributed by atoms with Crippen LogP contribution in [0.4, 0.5) is 0 Å². The first-order chi connectivity index (χ1) is 6.84. The molecule has 0 bridgehead atoms. The van der Waals surface area contributed by atoms with Crippen molar-refractivity contribution in [2.75, 3.05) is 0 Å². The lowest BCUT2D eigenvalue weighted by Crippen LogP contribution is -2.08. The normalized spacial score (nSPS) is 16.0. The molecule has 0 amide bonds. The number of aromatic amines is 1. The predicted octanol–water partition coefficient (Wildman–Crippen LogP) is 2.41. The van der Waals surface area contributed by atoms with Gasteiger partial charge in [-0.3, -0.25) is 4.79 Å². The fourth-order valence-electron chi connectivity index (χ4n) is 1.85. The molecule has 1 aromatic carbocycles. The Kier molecular flexibility index (Phi) is 1.51. The van der Waals surface area contributed by atoms with Gasteiger partial charge in [-0.25, -0.2) is 0 Å². The lowest BCUT2D eigenvalue weighted by molar-refractivity contribution is 1.01. The number of fused-ring (bicyclic) bond motifs is 1. The van der Waals surface area contributed by atoms with Gasteiger partial charge < -0.3 is 4.98 Å². The van der Waals surface area contributed by atoms with Gasteiger partial charge in [-0.05, 0) is 36.3 Å².